The van der Waals surface area contributed by atoms with Crippen molar-refractivity contribution in [3.05, 3.63) is 83.9 Å². The molecular weight excluding hydrogens is 388 g/mol. The molecule has 0 spiro atoms. The molecule has 0 radical (unpaired) electrons. The molecule has 0 saturated carbocycles. The molecule has 0 heterocycles. The first-order chi connectivity index (χ1) is 13.8. The van der Waals surface area contributed by atoms with Crippen LogP contribution in [0.1, 0.15) is 11.1 Å². The van der Waals surface area contributed by atoms with Gasteiger partial charge in [-0.3, -0.25) is 9.52 Å². The van der Waals surface area contributed by atoms with Gasteiger partial charge >= 0.3 is 0 Å². The van der Waals surface area contributed by atoms with Crippen molar-refractivity contribution in [2.75, 3.05) is 16.6 Å². The Labute approximate surface area is 170 Å². The van der Waals surface area contributed by atoms with Gasteiger partial charge in [-0.1, -0.05) is 30.3 Å². The summed E-state index contributed by atoms with van der Waals surface area (Å²) >= 11 is 0. The Morgan fingerprint density at radius 1 is 0.897 bits per heavy atom. The lowest BCUT2D eigenvalue weighted by Crippen LogP contribution is -2.20. The average Bonchev–Trinajstić information content (AvgIpc) is 2.69. The van der Waals surface area contributed by atoms with Crippen molar-refractivity contribution < 1.29 is 17.9 Å². The second-order valence-electron chi connectivity index (χ2n) is 6.60. The van der Waals surface area contributed by atoms with Crippen LogP contribution in [-0.4, -0.2) is 20.9 Å². The first kappa shape index (κ1) is 20.4. The lowest BCUT2D eigenvalue weighted by molar-refractivity contribution is -0.118. The Morgan fingerprint density at radius 3 is 2.28 bits per heavy atom. The number of nitrogens with one attached hydrogen (secondary N) is 2. The minimum absolute atomic E-state index is 0.103. The van der Waals surface area contributed by atoms with Crippen LogP contribution in [0.5, 0.6) is 5.75 Å². The van der Waals surface area contributed by atoms with Crippen molar-refractivity contribution >= 4 is 27.3 Å². The van der Waals surface area contributed by atoms with Crippen LogP contribution in [0.4, 0.5) is 11.4 Å². The van der Waals surface area contributed by atoms with Gasteiger partial charge in [-0.25, -0.2) is 8.42 Å². The maximum Gasteiger partial charge on any atom is 0.262 e. The fraction of sp³-hybridized carbons (Fsp3) is 0.136. The molecule has 0 atom stereocenters. The molecule has 7 heteroatoms. The quantitative estimate of drug-likeness (QED) is 0.614. The zero-order valence-electron chi connectivity index (χ0n) is 16.2. The molecule has 3 rings (SSSR count). The third-order valence-corrected chi connectivity index (χ3v) is 5.57. The summed E-state index contributed by atoms with van der Waals surface area (Å²) in [7, 11) is -3.70. The number of hydrogen-bond donors (Lipinski definition) is 2. The van der Waals surface area contributed by atoms with Crippen molar-refractivity contribution in [3.8, 4) is 5.75 Å². The van der Waals surface area contributed by atoms with Gasteiger partial charge in [0.05, 0.1) is 4.90 Å². The third-order valence-electron chi connectivity index (χ3n) is 4.18. The molecule has 0 fully saturated rings. The third kappa shape index (κ3) is 5.58. The van der Waals surface area contributed by atoms with Crippen molar-refractivity contribution in [1.82, 2.24) is 0 Å². The molecule has 2 N–H and O–H groups in total. The summed E-state index contributed by atoms with van der Waals surface area (Å²) in [5.74, 6) is 0.331. The average molecular weight is 410 g/mol. The predicted molar refractivity (Wildman–Crippen MR) is 114 cm³/mol. The molecule has 29 heavy (non-hydrogen) atoms. The Bertz CT molecular complexity index is 1100. The summed E-state index contributed by atoms with van der Waals surface area (Å²) in [5, 5.41) is 2.70. The lowest BCUT2D eigenvalue weighted by Gasteiger charge is -2.11. The minimum Gasteiger partial charge on any atom is -0.483 e. The van der Waals surface area contributed by atoms with E-state index in [4.69, 9.17) is 4.74 Å². The van der Waals surface area contributed by atoms with Gasteiger partial charge in [-0.2, -0.15) is 0 Å². The number of ether oxygens (including phenoxy) is 1. The summed E-state index contributed by atoms with van der Waals surface area (Å²) in [5.41, 5.74) is 2.96. The van der Waals surface area contributed by atoms with Crippen molar-refractivity contribution in [3.63, 3.8) is 0 Å². The van der Waals surface area contributed by atoms with Gasteiger partial charge < -0.3 is 10.1 Å². The maximum absolute atomic E-state index is 12.4. The molecule has 0 aliphatic carbocycles. The van der Waals surface area contributed by atoms with Crippen LogP contribution in [0.2, 0.25) is 0 Å². The van der Waals surface area contributed by atoms with E-state index < -0.39 is 10.0 Å². The zero-order valence-corrected chi connectivity index (χ0v) is 17.0. The first-order valence-electron chi connectivity index (χ1n) is 9.01. The number of carbonyl (C=O) groups excluding carboxylic acids is 1. The summed E-state index contributed by atoms with van der Waals surface area (Å²) in [6.07, 6.45) is 0. The Hall–Kier alpha value is -3.32. The molecule has 3 aromatic rings. The number of sulfonamides is 1. The first-order valence-corrected chi connectivity index (χ1v) is 10.5. The number of rotatable bonds is 7. The second-order valence-corrected chi connectivity index (χ2v) is 8.28. The fourth-order valence-corrected chi connectivity index (χ4v) is 3.70. The minimum atomic E-state index is -3.70. The summed E-state index contributed by atoms with van der Waals surface area (Å²) in [4.78, 5) is 12.2. The number of aryl methyl sites for hydroxylation is 2. The molecule has 1 amide bonds. The van der Waals surface area contributed by atoms with Crippen LogP contribution in [0.3, 0.4) is 0 Å². The van der Waals surface area contributed by atoms with Crippen LogP contribution in [-0.2, 0) is 14.8 Å². The normalized spacial score (nSPS) is 11.0. The fourth-order valence-electron chi connectivity index (χ4n) is 2.64. The highest BCUT2D eigenvalue weighted by Gasteiger charge is 2.14. The topological polar surface area (TPSA) is 84.5 Å². The van der Waals surface area contributed by atoms with Gasteiger partial charge in [0.2, 0.25) is 0 Å². The van der Waals surface area contributed by atoms with Gasteiger partial charge in [0.1, 0.15) is 5.75 Å². The van der Waals surface area contributed by atoms with Crippen LogP contribution < -0.4 is 14.8 Å². The van der Waals surface area contributed by atoms with Crippen LogP contribution in [0.15, 0.2) is 77.7 Å². The van der Waals surface area contributed by atoms with Gasteiger partial charge in [0.25, 0.3) is 15.9 Å². The standard InChI is InChI=1S/C22H22N2O4S/c1-16-8-9-17(2)21(14-16)28-15-22(25)23-18-10-12-20(13-11-18)29(26,27)24-19-6-4-3-5-7-19/h3-14,24H,15H2,1-2H3,(H,23,25). The van der Waals surface area contributed by atoms with Gasteiger partial charge in [-0.05, 0) is 67.4 Å². The number of carbonyl (C=O) groups is 1. The molecule has 6 nitrogen and oxygen atoms in total. The van der Waals surface area contributed by atoms with Crippen LogP contribution >= 0.6 is 0 Å². The number of para-hydroxylation sites is 1. The number of hydrogen-bond acceptors (Lipinski definition) is 4. The number of anilines is 2. The Kier molecular flexibility index (Phi) is 6.19. The highest BCUT2D eigenvalue weighted by molar-refractivity contribution is 7.92. The summed E-state index contributed by atoms with van der Waals surface area (Å²) in [6.45, 7) is 3.73. The molecule has 0 aliphatic rings. The molecule has 0 aromatic heterocycles. The highest BCUT2D eigenvalue weighted by Crippen LogP contribution is 2.20. The summed E-state index contributed by atoms with van der Waals surface area (Å²) in [6, 6.07) is 20.4. The van der Waals surface area contributed by atoms with E-state index in [2.05, 4.69) is 10.0 Å². The van der Waals surface area contributed by atoms with E-state index in [1.54, 1.807) is 30.3 Å². The van der Waals surface area contributed by atoms with Gasteiger partial charge in [0, 0.05) is 11.4 Å². The Morgan fingerprint density at radius 2 is 1.59 bits per heavy atom. The zero-order chi connectivity index (χ0) is 20.9. The molecular formula is C22H22N2O4S. The van der Waals surface area contributed by atoms with Crippen LogP contribution in [0.25, 0.3) is 0 Å². The van der Waals surface area contributed by atoms with E-state index >= 15 is 0 Å². The number of amides is 1. The molecule has 0 aliphatic heterocycles. The molecule has 150 valence electrons. The molecule has 0 unspecified atom stereocenters. The van der Waals surface area contributed by atoms with Gasteiger partial charge in [0.15, 0.2) is 6.61 Å². The van der Waals surface area contributed by atoms with Crippen molar-refractivity contribution in [1.29, 1.82) is 0 Å². The molecule has 0 saturated heterocycles. The monoisotopic (exact) mass is 410 g/mol. The van der Waals surface area contributed by atoms with E-state index in [0.717, 1.165) is 11.1 Å². The second kappa shape index (κ2) is 8.79. The Balaban J connectivity index is 1.60. The van der Waals surface area contributed by atoms with Crippen LogP contribution in [0, 0.1) is 13.8 Å². The predicted octanol–water partition coefficient (Wildman–Crippen LogP) is 4.12. The van der Waals surface area contributed by atoms with E-state index in [-0.39, 0.29) is 17.4 Å². The van der Waals surface area contributed by atoms with E-state index in [0.29, 0.717) is 17.1 Å². The largest absolute Gasteiger partial charge is 0.483 e. The SMILES string of the molecule is Cc1ccc(C)c(OCC(=O)Nc2ccc(S(=O)(=O)Nc3ccccc3)cc2)c1. The molecule has 0 bridgehead atoms. The van der Waals surface area contributed by atoms with Gasteiger partial charge in [-0.15, -0.1) is 0 Å². The van der Waals surface area contributed by atoms with E-state index in [1.165, 1.54) is 24.3 Å². The maximum atomic E-state index is 12.4. The van der Waals surface area contributed by atoms with E-state index in [9.17, 15) is 13.2 Å². The van der Waals surface area contributed by atoms with Crippen molar-refractivity contribution in [2.45, 2.75) is 18.7 Å². The van der Waals surface area contributed by atoms with Crippen molar-refractivity contribution in [2.24, 2.45) is 0 Å². The van der Waals surface area contributed by atoms with E-state index in [1.807, 2.05) is 32.0 Å². The highest BCUT2D eigenvalue weighted by atomic mass is 32.2. The smallest absolute Gasteiger partial charge is 0.262 e. The number of benzene rings is 3. The summed E-state index contributed by atoms with van der Waals surface area (Å²) < 4.78 is 33.0. The molecule has 3 aromatic carbocycles. The lowest BCUT2D eigenvalue weighted by atomic mass is 10.1.